The van der Waals surface area contributed by atoms with Crippen LogP contribution in [-0.4, -0.2) is 5.71 Å². The van der Waals surface area contributed by atoms with Crippen LogP contribution in [0.4, 0.5) is 5.69 Å². The second-order valence-corrected chi connectivity index (χ2v) is 8.33. The number of rotatable bonds is 1. The number of benzene rings is 1. The molecule has 4 rings (SSSR count). The van der Waals surface area contributed by atoms with Crippen LogP contribution >= 0.6 is 0 Å². The van der Waals surface area contributed by atoms with Crippen molar-refractivity contribution in [2.24, 2.45) is 5.41 Å². The van der Waals surface area contributed by atoms with Crippen LogP contribution in [0, 0.1) is 10.8 Å². The van der Waals surface area contributed by atoms with Crippen molar-refractivity contribution in [3.63, 3.8) is 0 Å². The second kappa shape index (κ2) is 8.08. The summed E-state index contributed by atoms with van der Waals surface area (Å²) in [5.74, 6) is 0. The fraction of sp³-hybridized carbons (Fsp3) is 0.222. The molecule has 0 unspecified atom stereocenters. The fourth-order valence-electron chi connectivity index (χ4n) is 3.82. The van der Waals surface area contributed by atoms with Crippen molar-refractivity contribution < 1.29 is 0 Å². The number of hydrogen-bond donors (Lipinski definition) is 2. The van der Waals surface area contributed by atoms with Crippen molar-refractivity contribution in [3.05, 3.63) is 107 Å². The lowest BCUT2D eigenvalue weighted by atomic mass is 9.76. The van der Waals surface area contributed by atoms with Gasteiger partial charge in [-0.2, -0.15) is 0 Å². The number of nitrogens with two attached hydrogens (primary N) is 1. The normalized spacial score (nSPS) is 19.0. The summed E-state index contributed by atoms with van der Waals surface area (Å²) in [6, 6.07) is 6.20. The monoisotopic (exact) mass is 382 g/mol. The Bertz CT molecular complexity index is 1050. The summed E-state index contributed by atoms with van der Waals surface area (Å²) in [5.41, 5.74) is 16.1. The highest BCUT2D eigenvalue weighted by Gasteiger charge is 2.26. The Morgan fingerprint density at radius 1 is 1.07 bits per heavy atom. The molecule has 3 aliphatic rings. The summed E-state index contributed by atoms with van der Waals surface area (Å²) in [6.45, 7) is 11.9. The first-order valence-corrected chi connectivity index (χ1v) is 10.0. The Morgan fingerprint density at radius 2 is 1.76 bits per heavy atom. The van der Waals surface area contributed by atoms with Crippen LogP contribution in [0.2, 0.25) is 0 Å². The van der Waals surface area contributed by atoms with Crippen molar-refractivity contribution in [2.45, 2.75) is 34.1 Å². The molecular formula is C27H30N2. The molecule has 0 fully saturated rings. The first kappa shape index (κ1) is 20.6. The minimum absolute atomic E-state index is 0.0377. The van der Waals surface area contributed by atoms with Gasteiger partial charge in [-0.25, -0.2) is 0 Å². The van der Waals surface area contributed by atoms with Gasteiger partial charge in [0.2, 0.25) is 0 Å². The highest BCUT2D eigenvalue weighted by molar-refractivity contribution is 6.07. The Labute approximate surface area is 174 Å². The van der Waals surface area contributed by atoms with Gasteiger partial charge in [-0.15, -0.1) is 6.58 Å². The van der Waals surface area contributed by atoms with E-state index in [1.807, 2.05) is 25.1 Å². The molecule has 2 nitrogen and oxygen atoms in total. The Hall–Kier alpha value is -3.13. The second-order valence-electron chi connectivity index (χ2n) is 8.33. The summed E-state index contributed by atoms with van der Waals surface area (Å²) in [4.78, 5) is 0. The molecule has 2 heteroatoms. The van der Waals surface area contributed by atoms with E-state index < -0.39 is 0 Å². The minimum Gasteiger partial charge on any atom is -0.399 e. The number of allylic oxidation sites excluding steroid dienone is 13. The van der Waals surface area contributed by atoms with E-state index in [4.69, 9.17) is 11.1 Å². The number of nitrogen functional groups attached to an aromatic ring is 1. The van der Waals surface area contributed by atoms with Crippen molar-refractivity contribution >= 4 is 17.0 Å². The van der Waals surface area contributed by atoms with Gasteiger partial charge >= 0.3 is 0 Å². The topological polar surface area (TPSA) is 49.9 Å². The van der Waals surface area contributed by atoms with Gasteiger partial charge in [-0.1, -0.05) is 56.4 Å². The highest BCUT2D eigenvalue weighted by atomic mass is 14.5. The number of hydrogen-bond acceptors (Lipinski definition) is 2. The van der Waals surface area contributed by atoms with Gasteiger partial charge in [0.25, 0.3) is 0 Å². The SMILES string of the molecule is C=CC.CC1=C(C2=C3C=CC(=N)C=C3Cc3cc(N)ccc32)C=CC(C)(C)C=C1. The molecule has 0 atom stereocenters. The van der Waals surface area contributed by atoms with Crippen LogP contribution in [0.25, 0.3) is 5.57 Å². The summed E-state index contributed by atoms with van der Waals surface area (Å²) in [6.07, 6.45) is 17.6. The molecule has 3 N–H and O–H groups in total. The quantitative estimate of drug-likeness (QED) is 0.409. The van der Waals surface area contributed by atoms with Crippen LogP contribution in [-0.2, 0) is 6.42 Å². The molecule has 0 heterocycles. The molecular weight excluding hydrogens is 352 g/mol. The zero-order valence-corrected chi connectivity index (χ0v) is 17.8. The molecule has 29 heavy (non-hydrogen) atoms. The van der Waals surface area contributed by atoms with E-state index in [1.165, 1.54) is 39.0 Å². The van der Waals surface area contributed by atoms with Crippen LogP contribution in [0.1, 0.15) is 38.8 Å². The minimum atomic E-state index is 0.0377. The van der Waals surface area contributed by atoms with E-state index in [2.05, 4.69) is 69.9 Å². The van der Waals surface area contributed by atoms with Gasteiger partial charge in [-0.3, -0.25) is 0 Å². The third-order valence-electron chi connectivity index (χ3n) is 5.29. The van der Waals surface area contributed by atoms with Crippen LogP contribution in [0.5, 0.6) is 0 Å². The van der Waals surface area contributed by atoms with Crippen molar-refractivity contribution in [2.75, 3.05) is 5.73 Å². The van der Waals surface area contributed by atoms with E-state index in [0.29, 0.717) is 5.71 Å². The first-order valence-electron chi connectivity index (χ1n) is 10.0. The van der Waals surface area contributed by atoms with Gasteiger partial charge in [-0.05, 0) is 83.5 Å². The van der Waals surface area contributed by atoms with E-state index in [-0.39, 0.29) is 5.41 Å². The molecule has 0 radical (unpaired) electrons. The Kier molecular flexibility index (Phi) is 5.74. The summed E-state index contributed by atoms with van der Waals surface area (Å²) >= 11 is 0. The van der Waals surface area contributed by atoms with E-state index in [1.54, 1.807) is 6.08 Å². The molecule has 0 aliphatic heterocycles. The maximum atomic E-state index is 8.03. The maximum absolute atomic E-state index is 8.03. The lowest BCUT2D eigenvalue weighted by molar-refractivity contribution is 0.627. The predicted octanol–water partition coefficient (Wildman–Crippen LogP) is 6.76. The molecule has 1 aromatic rings. The Morgan fingerprint density at radius 3 is 2.48 bits per heavy atom. The average Bonchev–Trinajstić information content (AvgIpc) is 2.78. The zero-order valence-electron chi connectivity index (χ0n) is 17.8. The predicted molar refractivity (Wildman–Crippen MR) is 127 cm³/mol. The lowest BCUT2D eigenvalue weighted by Gasteiger charge is -2.28. The summed E-state index contributed by atoms with van der Waals surface area (Å²) in [5, 5.41) is 8.03. The highest BCUT2D eigenvalue weighted by Crippen LogP contribution is 2.43. The molecule has 0 saturated carbocycles. The van der Waals surface area contributed by atoms with Crippen molar-refractivity contribution in [1.29, 1.82) is 5.41 Å². The largest absolute Gasteiger partial charge is 0.399 e. The van der Waals surface area contributed by atoms with Gasteiger partial charge in [0.1, 0.15) is 0 Å². The fourth-order valence-corrected chi connectivity index (χ4v) is 3.82. The molecule has 0 spiro atoms. The van der Waals surface area contributed by atoms with E-state index in [0.717, 1.165) is 12.1 Å². The van der Waals surface area contributed by atoms with E-state index >= 15 is 0 Å². The molecule has 3 aliphatic carbocycles. The number of fused-ring (bicyclic) bond motifs is 2. The van der Waals surface area contributed by atoms with Crippen LogP contribution < -0.4 is 5.73 Å². The third kappa shape index (κ3) is 4.32. The zero-order chi connectivity index (χ0) is 21.2. The van der Waals surface area contributed by atoms with Crippen molar-refractivity contribution in [1.82, 2.24) is 0 Å². The van der Waals surface area contributed by atoms with Crippen LogP contribution in [0.15, 0.2) is 95.7 Å². The molecule has 148 valence electrons. The third-order valence-corrected chi connectivity index (χ3v) is 5.29. The van der Waals surface area contributed by atoms with Gasteiger partial charge in [0, 0.05) is 11.1 Å². The number of nitrogens with one attached hydrogen (secondary N) is 1. The van der Waals surface area contributed by atoms with Crippen LogP contribution in [0.3, 0.4) is 0 Å². The van der Waals surface area contributed by atoms with E-state index in [9.17, 15) is 0 Å². The standard InChI is InChI=1S/C24H24N2.C3H6/c1-15-8-10-24(2,3)11-9-20(15)23-21-6-4-18(25)13-16(21)12-17-14-19(26)5-7-22(17)23;1-3-2/h4-11,13-14,25H,12,26H2,1-3H3;3H,1H2,2H3. The van der Waals surface area contributed by atoms with Gasteiger partial charge in [0.15, 0.2) is 0 Å². The molecule has 0 saturated heterocycles. The lowest BCUT2D eigenvalue weighted by Crippen LogP contribution is -2.13. The molecule has 1 aromatic carbocycles. The van der Waals surface area contributed by atoms with Gasteiger partial charge in [0.05, 0.1) is 5.71 Å². The molecule has 0 aromatic heterocycles. The summed E-state index contributed by atoms with van der Waals surface area (Å²) in [7, 11) is 0. The van der Waals surface area contributed by atoms with Crippen molar-refractivity contribution in [3.8, 4) is 0 Å². The molecule has 0 amide bonds. The van der Waals surface area contributed by atoms with Gasteiger partial charge < -0.3 is 11.1 Å². The maximum Gasteiger partial charge on any atom is 0.0543 e. The Balaban J connectivity index is 0.000000755. The smallest absolute Gasteiger partial charge is 0.0543 e. The first-order chi connectivity index (χ1) is 13.8. The average molecular weight is 383 g/mol. The summed E-state index contributed by atoms with van der Waals surface area (Å²) < 4.78 is 0. The molecule has 0 bridgehead atoms. The number of anilines is 1.